The largest absolute Gasteiger partial charge is 0.573 e. The summed E-state index contributed by atoms with van der Waals surface area (Å²) in [5, 5.41) is 0. The van der Waals surface area contributed by atoms with Crippen LogP contribution in [0.5, 0.6) is 34.5 Å². The molecule has 0 bridgehead atoms. The summed E-state index contributed by atoms with van der Waals surface area (Å²) in [5.41, 5.74) is -0.185. The summed E-state index contributed by atoms with van der Waals surface area (Å²) in [7, 11) is 0. The summed E-state index contributed by atoms with van der Waals surface area (Å²) >= 11 is 0. The fraction of sp³-hybridized carbons (Fsp3) is 0.0714. The van der Waals surface area contributed by atoms with E-state index in [1.807, 2.05) is 0 Å². The Labute approximate surface area is 232 Å². The van der Waals surface area contributed by atoms with Gasteiger partial charge in [-0.05, 0) is 48.0 Å². The first kappa shape index (κ1) is 29.6. The normalized spacial score (nSPS) is 11.3. The van der Waals surface area contributed by atoms with Crippen LogP contribution in [0.15, 0.2) is 97.1 Å². The summed E-state index contributed by atoms with van der Waals surface area (Å²) in [6.45, 7) is 0. The predicted molar refractivity (Wildman–Crippen MR) is 131 cm³/mol. The van der Waals surface area contributed by atoms with Crippen molar-refractivity contribution in [2.45, 2.75) is 12.7 Å². The molecule has 0 saturated carbocycles. The molecule has 0 aromatic heterocycles. The van der Waals surface area contributed by atoms with Gasteiger partial charge in [0.05, 0.1) is 0 Å². The van der Waals surface area contributed by atoms with Crippen molar-refractivity contribution in [3.8, 4) is 45.6 Å². The molecule has 218 valence electrons. The van der Waals surface area contributed by atoms with Gasteiger partial charge in [-0.15, -0.1) is 26.3 Å². The molecule has 0 radical (unpaired) electrons. The molecule has 0 atom stereocenters. The fourth-order valence-electron chi connectivity index (χ4n) is 3.42. The summed E-state index contributed by atoms with van der Waals surface area (Å²) in [6.07, 6.45) is -12.9. The molecule has 0 amide bonds. The lowest BCUT2D eigenvalue weighted by atomic mass is 10.0. The SMILES string of the molecule is O=C(Oc1cccc(OC(F)(F)F)c1)Oc1cccc(-c2cccc(OC(=O)Oc3ccccc3)c2OC(F)(F)F)c1. The Morgan fingerprint density at radius 3 is 1.69 bits per heavy atom. The van der Waals surface area contributed by atoms with E-state index in [9.17, 15) is 35.9 Å². The Kier molecular flexibility index (Phi) is 8.74. The van der Waals surface area contributed by atoms with Crippen LogP contribution in [0.2, 0.25) is 0 Å². The van der Waals surface area contributed by atoms with Crippen LogP contribution in [0.25, 0.3) is 11.1 Å². The van der Waals surface area contributed by atoms with Crippen molar-refractivity contribution in [3.05, 3.63) is 97.1 Å². The average Bonchev–Trinajstić information content (AvgIpc) is 2.89. The molecule has 4 rings (SSSR count). The number of ether oxygens (including phenoxy) is 6. The highest BCUT2D eigenvalue weighted by molar-refractivity contribution is 5.78. The van der Waals surface area contributed by atoms with Gasteiger partial charge in [0.1, 0.15) is 23.0 Å². The standard InChI is InChI=1S/C28H16F6O8/c29-27(30,31)41-21-12-5-11-20(16-21)39-25(35)38-19-10-4-7-17(15-19)22-13-6-14-23(24(22)42-28(32,33)34)40-26(36)37-18-8-2-1-3-9-18/h1-16H. The van der Waals surface area contributed by atoms with E-state index in [1.165, 1.54) is 42.5 Å². The second kappa shape index (κ2) is 12.4. The van der Waals surface area contributed by atoms with Crippen molar-refractivity contribution in [1.29, 1.82) is 0 Å². The zero-order valence-electron chi connectivity index (χ0n) is 20.8. The van der Waals surface area contributed by atoms with Gasteiger partial charge >= 0.3 is 25.0 Å². The third kappa shape index (κ3) is 8.81. The minimum Gasteiger partial charge on any atom is -0.406 e. The summed E-state index contributed by atoms with van der Waals surface area (Å²) < 4.78 is 105. The van der Waals surface area contributed by atoms with Gasteiger partial charge in [-0.2, -0.15) is 0 Å². The maximum Gasteiger partial charge on any atom is 0.573 e. The monoisotopic (exact) mass is 594 g/mol. The molecule has 0 aliphatic rings. The van der Waals surface area contributed by atoms with Crippen LogP contribution in [0.3, 0.4) is 0 Å². The second-order valence-electron chi connectivity index (χ2n) is 7.95. The van der Waals surface area contributed by atoms with Gasteiger partial charge in [0.25, 0.3) is 0 Å². The number of hydrogen-bond acceptors (Lipinski definition) is 8. The van der Waals surface area contributed by atoms with Crippen molar-refractivity contribution in [2.24, 2.45) is 0 Å². The molecule has 42 heavy (non-hydrogen) atoms. The topological polar surface area (TPSA) is 89.5 Å². The van der Waals surface area contributed by atoms with E-state index in [0.717, 1.165) is 36.4 Å². The first-order valence-corrected chi connectivity index (χ1v) is 11.5. The molecule has 8 nitrogen and oxygen atoms in total. The van der Waals surface area contributed by atoms with Crippen molar-refractivity contribution in [2.75, 3.05) is 0 Å². The lowest BCUT2D eigenvalue weighted by molar-refractivity contribution is -0.275. The minimum absolute atomic E-state index is 0.0296. The van der Waals surface area contributed by atoms with E-state index in [2.05, 4.69) is 9.47 Å². The number of hydrogen-bond donors (Lipinski definition) is 0. The smallest absolute Gasteiger partial charge is 0.406 e. The molecule has 0 aliphatic carbocycles. The Morgan fingerprint density at radius 2 is 1.02 bits per heavy atom. The zero-order valence-corrected chi connectivity index (χ0v) is 20.8. The molecule has 0 spiro atoms. The first-order valence-electron chi connectivity index (χ1n) is 11.5. The highest BCUT2D eigenvalue weighted by Crippen LogP contribution is 2.42. The lowest BCUT2D eigenvalue weighted by Gasteiger charge is -2.17. The molecule has 4 aromatic carbocycles. The van der Waals surface area contributed by atoms with Crippen LogP contribution in [0, 0.1) is 0 Å². The number of benzene rings is 4. The molecular formula is C28H16F6O8. The molecule has 0 N–H and O–H groups in total. The number of para-hydroxylation sites is 2. The van der Waals surface area contributed by atoms with Crippen LogP contribution in [-0.4, -0.2) is 25.0 Å². The molecule has 0 fully saturated rings. The van der Waals surface area contributed by atoms with E-state index < -0.39 is 42.3 Å². The van der Waals surface area contributed by atoms with E-state index in [4.69, 9.17) is 18.9 Å². The average molecular weight is 594 g/mol. The maximum atomic E-state index is 13.3. The Hall–Kier alpha value is -5.40. The summed E-state index contributed by atoms with van der Waals surface area (Å²) in [4.78, 5) is 24.5. The molecule has 14 heteroatoms. The minimum atomic E-state index is -5.19. The van der Waals surface area contributed by atoms with Gasteiger partial charge in [-0.3, -0.25) is 0 Å². The molecule has 0 aliphatic heterocycles. The van der Waals surface area contributed by atoms with Crippen LogP contribution in [-0.2, 0) is 0 Å². The van der Waals surface area contributed by atoms with Gasteiger partial charge in [0, 0.05) is 11.6 Å². The quantitative estimate of drug-likeness (QED) is 0.120. The number of alkyl halides is 6. The van der Waals surface area contributed by atoms with Gasteiger partial charge in [-0.25, -0.2) is 9.59 Å². The van der Waals surface area contributed by atoms with E-state index >= 15 is 0 Å². The number of carbonyl (C=O) groups is 2. The summed E-state index contributed by atoms with van der Waals surface area (Å²) in [6, 6.07) is 20.3. The van der Waals surface area contributed by atoms with Crippen LogP contribution < -0.4 is 28.4 Å². The Morgan fingerprint density at radius 1 is 0.500 bits per heavy atom. The van der Waals surface area contributed by atoms with Crippen molar-refractivity contribution in [3.63, 3.8) is 0 Å². The van der Waals surface area contributed by atoms with Gasteiger partial charge in [0.15, 0.2) is 11.5 Å². The van der Waals surface area contributed by atoms with Crippen LogP contribution >= 0.6 is 0 Å². The van der Waals surface area contributed by atoms with E-state index in [-0.39, 0.29) is 28.4 Å². The van der Waals surface area contributed by atoms with Gasteiger partial charge < -0.3 is 28.4 Å². The predicted octanol–water partition coefficient (Wildman–Crippen LogP) is 8.31. The van der Waals surface area contributed by atoms with Crippen LogP contribution in [0.4, 0.5) is 35.9 Å². The van der Waals surface area contributed by atoms with E-state index in [0.29, 0.717) is 0 Å². The third-order valence-corrected chi connectivity index (χ3v) is 4.92. The molecule has 0 heterocycles. The molecule has 4 aromatic rings. The number of halogens is 6. The van der Waals surface area contributed by atoms with Gasteiger partial charge in [-0.1, -0.05) is 48.5 Å². The fourth-order valence-corrected chi connectivity index (χ4v) is 3.42. The van der Waals surface area contributed by atoms with Crippen molar-refractivity contribution in [1.82, 2.24) is 0 Å². The number of rotatable bonds is 7. The van der Waals surface area contributed by atoms with E-state index in [1.54, 1.807) is 18.2 Å². The number of carbonyl (C=O) groups excluding carboxylic acids is 2. The van der Waals surface area contributed by atoms with Crippen LogP contribution in [0.1, 0.15) is 0 Å². The first-order chi connectivity index (χ1) is 19.8. The molecular weight excluding hydrogens is 578 g/mol. The second-order valence-corrected chi connectivity index (χ2v) is 7.95. The third-order valence-electron chi connectivity index (χ3n) is 4.92. The highest BCUT2D eigenvalue weighted by Gasteiger charge is 2.35. The lowest BCUT2D eigenvalue weighted by Crippen LogP contribution is -2.20. The highest BCUT2D eigenvalue weighted by atomic mass is 19.4. The van der Waals surface area contributed by atoms with Gasteiger partial charge in [0.2, 0.25) is 0 Å². The molecule has 0 unspecified atom stereocenters. The Bertz CT molecular complexity index is 1550. The molecule has 0 saturated heterocycles. The summed E-state index contributed by atoms with van der Waals surface area (Å²) in [5.74, 6) is -2.65. The zero-order chi connectivity index (χ0) is 30.3. The Balaban J connectivity index is 1.55. The van der Waals surface area contributed by atoms with Crippen molar-refractivity contribution >= 4 is 12.3 Å². The maximum absolute atomic E-state index is 13.3. The van der Waals surface area contributed by atoms with Crippen molar-refractivity contribution < 1.29 is 64.4 Å².